The molecule has 0 saturated carbocycles. The molecule has 0 aliphatic rings. The second kappa shape index (κ2) is 7.90. The molecule has 0 saturated heterocycles. The molecule has 0 aliphatic heterocycles. The molecular weight excluding hydrogens is 262 g/mol. The van der Waals surface area contributed by atoms with Crippen LogP contribution in [0.3, 0.4) is 0 Å². The van der Waals surface area contributed by atoms with Crippen molar-refractivity contribution in [3.05, 3.63) is 18.7 Å². The number of nitrogens with one attached hydrogen (secondary N) is 1. The second-order valence-electron chi connectivity index (χ2n) is 4.08. The van der Waals surface area contributed by atoms with Crippen LogP contribution < -0.4 is 5.32 Å². The molecule has 0 aliphatic carbocycles. The minimum atomic E-state index is 0.806. The molecule has 7 nitrogen and oxygen atoms in total. The number of rotatable bonds is 9. The third-order valence-electron chi connectivity index (χ3n) is 2.57. The average molecular weight is 281 g/mol. The molecule has 0 atom stereocenters. The highest BCUT2D eigenvalue weighted by molar-refractivity contribution is 7.99. The molecule has 2 heterocycles. The van der Waals surface area contributed by atoms with E-state index in [1.807, 2.05) is 21.8 Å². The lowest BCUT2D eigenvalue weighted by Gasteiger charge is -2.05. The van der Waals surface area contributed by atoms with Crippen LogP contribution in [0, 0.1) is 0 Å². The van der Waals surface area contributed by atoms with Crippen LogP contribution in [0.4, 0.5) is 0 Å². The van der Waals surface area contributed by atoms with Crippen molar-refractivity contribution in [1.29, 1.82) is 0 Å². The topological polar surface area (TPSA) is 73.5 Å². The standard InChI is InChI=1S/C11H19N7S/c1-2-3-12-5-7-18-11(14-15-16-18)19-9-8-17-6-4-13-10-17/h4,6,10,12H,2-3,5,7-9H2,1H3. The minimum Gasteiger partial charge on any atom is -0.337 e. The van der Waals surface area contributed by atoms with E-state index in [9.17, 15) is 0 Å². The molecule has 2 rings (SSSR count). The van der Waals surface area contributed by atoms with Gasteiger partial charge in [0.2, 0.25) is 5.16 Å². The van der Waals surface area contributed by atoms with Gasteiger partial charge in [-0.05, 0) is 23.4 Å². The fourth-order valence-corrected chi connectivity index (χ4v) is 2.44. The SMILES string of the molecule is CCCNCCn1nnnc1SCCn1ccnc1. The zero-order valence-electron chi connectivity index (χ0n) is 11.1. The van der Waals surface area contributed by atoms with Gasteiger partial charge in [-0.3, -0.25) is 0 Å². The molecule has 0 amide bonds. The van der Waals surface area contributed by atoms with Crippen molar-refractivity contribution in [2.75, 3.05) is 18.8 Å². The normalized spacial score (nSPS) is 11.0. The van der Waals surface area contributed by atoms with E-state index in [1.54, 1.807) is 18.0 Å². The maximum Gasteiger partial charge on any atom is 0.209 e. The Bertz CT molecular complexity index is 453. The number of tetrazole rings is 1. The molecule has 1 N–H and O–H groups in total. The predicted molar refractivity (Wildman–Crippen MR) is 73.9 cm³/mol. The summed E-state index contributed by atoms with van der Waals surface area (Å²) in [5.41, 5.74) is 0. The summed E-state index contributed by atoms with van der Waals surface area (Å²) < 4.78 is 3.89. The third kappa shape index (κ3) is 4.64. The number of hydrogen-bond donors (Lipinski definition) is 1. The molecule has 0 unspecified atom stereocenters. The Kier molecular flexibility index (Phi) is 5.83. The van der Waals surface area contributed by atoms with Gasteiger partial charge >= 0.3 is 0 Å². The van der Waals surface area contributed by atoms with Crippen molar-refractivity contribution in [2.24, 2.45) is 0 Å². The molecule has 0 bridgehead atoms. The van der Waals surface area contributed by atoms with E-state index < -0.39 is 0 Å². The number of hydrogen-bond acceptors (Lipinski definition) is 6. The van der Waals surface area contributed by atoms with Crippen molar-refractivity contribution in [3.63, 3.8) is 0 Å². The van der Waals surface area contributed by atoms with E-state index in [2.05, 4.69) is 32.7 Å². The Balaban J connectivity index is 1.72. The fraction of sp³-hybridized carbons (Fsp3) is 0.636. The van der Waals surface area contributed by atoms with Gasteiger partial charge in [0.1, 0.15) is 0 Å². The number of aryl methyl sites for hydroxylation is 1. The first kappa shape index (κ1) is 14.0. The maximum absolute atomic E-state index is 4.05. The van der Waals surface area contributed by atoms with Gasteiger partial charge in [0.25, 0.3) is 0 Å². The highest BCUT2D eigenvalue weighted by Gasteiger charge is 2.05. The molecule has 8 heteroatoms. The molecule has 0 radical (unpaired) electrons. The van der Waals surface area contributed by atoms with E-state index in [4.69, 9.17) is 0 Å². The smallest absolute Gasteiger partial charge is 0.209 e. The lowest BCUT2D eigenvalue weighted by atomic mass is 10.5. The van der Waals surface area contributed by atoms with Crippen molar-refractivity contribution in [1.82, 2.24) is 35.1 Å². The lowest BCUT2D eigenvalue weighted by molar-refractivity contribution is 0.510. The van der Waals surface area contributed by atoms with Gasteiger partial charge in [-0.15, -0.1) is 5.10 Å². The summed E-state index contributed by atoms with van der Waals surface area (Å²) in [5, 5.41) is 16.0. The Hall–Kier alpha value is -1.41. The van der Waals surface area contributed by atoms with Gasteiger partial charge in [0.05, 0.1) is 12.9 Å². The Morgan fingerprint density at radius 2 is 2.26 bits per heavy atom. The summed E-state index contributed by atoms with van der Waals surface area (Å²) in [6.07, 6.45) is 6.70. The van der Waals surface area contributed by atoms with Crippen LogP contribution in [0.1, 0.15) is 13.3 Å². The summed E-state index contributed by atoms with van der Waals surface area (Å²) >= 11 is 1.67. The molecule has 0 spiro atoms. The molecule has 0 aromatic carbocycles. The zero-order valence-corrected chi connectivity index (χ0v) is 11.9. The number of thioether (sulfide) groups is 1. The van der Waals surface area contributed by atoms with Crippen LogP contribution in [-0.4, -0.2) is 48.6 Å². The Labute approximate surface area is 116 Å². The monoisotopic (exact) mass is 281 g/mol. The van der Waals surface area contributed by atoms with E-state index in [0.29, 0.717) is 0 Å². The van der Waals surface area contributed by atoms with Gasteiger partial charge in [-0.25, -0.2) is 9.67 Å². The van der Waals surface area contributed by atoms with Crippen molar-refractivity contribution in [2.45, 2.75) is 31.6 Å². The molecule has 19 heavy (non-hydrogen) atoms. The summed E-state index contributed by atoms with van der Waals surface area (Å²) in [4.78, 5) is 4.01. The highest BCUT2D eigenvalue weighted by Crippen LogP contribution is 2.13. The summed E-state index contributed by atoms with van der Waals surface area (Å²) in [6, 6.07) is 0. The average Bonchev–Trinajstić information content (AvgIpc) is 3.07. The quantitative estimate of drug-likeness (QED) is 0.538. The first-order chi connectivity index (χ1) is 9.40. The van der Waals surface area contributed by atoms with Crippen molar-refractivity contribution in [3.8, 4) is 0 Å². The van der Waals surface area contributed by atoms with Crippen LogP contribution in [0.5, 0.6) is 0 Å². The Morgan fingerprint density at radius 3 is 3.05 bits per heavy atom. The number of nitrogens with zero attached hydrogens (tertiary/aromatic N) is 6. The van der Waals surface area contributed by atoms with Gasteiger partial charge < -0.3 is 9.88 Å². The molecular formula is C11H19N7S. The predicted octanol–water partition coefficient (Wildman–Crippen LogP) is 0.661. The van der Waals surface area contributed by atoms with Crippen LogP contribution in [0.15, 0.2) is 23.9 Å². The first-order valence-corrected chi connectivity index (χ1v) is 7.44. The first-order valence-electron chi connectivity index (χ1n) is 6.45. The molecule has 0 fully saturated rings. The second-order valence-corrected chi connectivity index (χ2v) is 5.15. The maximum atomic E-state index is 4.05. The molecule has 104 valence electrons. The summed E-state index contributed by atoms with van der Waals surface area (Å²) in [5.74, 6) is 0.930. The number of aromatic nitrogens is 6. The lowest BCUT2D eigenvalue weighted by Crippen LogP contribution is -2.21. The van der Waals surface area contributed by atoms with Gasteiger partial charge in [0, 0.05) is 31.2 Å². The van der Waals surface area contributed by atoms with E-state index in [1.165, 1.54) is 0 Å². The van der Waals surface area contributed by atoms with E-state index in [0.717, 1.165) is 43.5 Å². The molecule has 2 aromatic rings. The van der Waals surface area contributed by atoms with Gasteiger partial charge in [-0.2, -0.15) is 0 Å². The summed E-state index contributed by atoms with van der Waals surface area (Å²) in [7, 11) is 0. The van der Waals surface area contributed by atoms with E-state index >= 15 is 0 Å². The van der Waals surface area contributed by atoms with Crippen LogP contribution in [0.25, 0.3) is 0 Å². The Morgan fingerprint density at radius 1 is 1.32 bits per heavy atom. The minimum absolute atomic E-state index is 0.806. The van der Waals surface area contributed by atoms with Crippen LogP contribution in [0.2, 0.25) is 0 Å². The number of imidazole rings is 1. The fourth-order valence-electron chi connectivity index (χ4n) is 1.59. The zero-order chi connectivity index (χ0) is 13.3. The van der Waals surface area contributed by atoms with Crippen molar-refractivity contribution >= 4 is 11.8 Å². The van der Waals surface area contributed by atoms with Crippen LogP contribution >= 0.6 is 11.8 Å². The van der Waals surface area contributed by atoms with Crippen LogP contribution in [-0.2, 0) is 13.1 Å². The van der Waals surface area contributed by atoms with Gasteiger partial charge in [-0.1, -0.05) is 18.7 Å². The van der Waals surface area contributed by atoms with E-state index in [-0.39, 0.29) is 0 Å². The molecule has 2 aromatic heterocycles. The largest absolute Gasteiger partial charge is 0.337 e. The highest BCUT2D eigenvalue weighted by atomic mass is 32.2. The summed E-state index contributed by atoms with van der Waals surface area (Å²) in [6.45, 7) is 5.80. The third-order valence-corrected chi connectivity index (χ3v) is 3.50. The van der Waals surface area contributed by atoms with Crippen molar-refractivity contribution < 1.29 is 0 Å². The van der Waals surface area contributed by atoms with Gasteiger partial charge in [0.15, 0.2) is 0 Å².